The second-order valence-electron chi connectivity index (χ2n) is 3.63. The van der Waals surface area contributed by atoms with Gasteiger partial charge in [-0.05, 0) is 26.0 Å². The van der Waals surface area contributed by atoms with Crippen molar-refractivity contribution in [2.45, 2.75) is 19.9 Å². The van der Waals surface area contributed by atoms with Crippen molar-refractivity contribution in [3.05, 3.63) is 33.9 Å². The lowest BCUT2D eigenvalue weighted by Crippen LogP contribution is -2.25. The molecule has 0 fully saturated rings. The second kappa shape index (κ2) is 4.71. The van der Waals surface area contributed by atoms with Crippen molar-refractivity contribution in [2.75, 3.05) is 6.61 Å². The molecule has 90 valence electrons. The number of hydrogen-bond donors (Lipinski definition) is 0. The van der Waals surface area contributed by atoms with Gasteiger partial charge in [0.05, 0.1) is 16.8 Å². The van der Waals surface area contributed by atoms with E-state index in [0.29, 0.717) is 6.61 Å². The third kappa shape index (κ3) is 2.10. The number of aromatic nitrogens is 1. The Morgan fingerprint density at radius 3 is 2.88 bits per heavy atom. The molecule has 0 radical (unpaired) electrons. The molecular weight excluding hydrogens is 238 g/mol. The van der Waals surface area contributed by atoms with Crippen molar-refractivity contribution >= 4 is 27.5 Å². The van der Waals surface area contributed by atoms with Crippen LogP contribution in [0.4, 0.5) is 0 Å². The number of para-hydroxylation sites is 1. The van der Waals surface area contributed by atoms with Crippen LogP contribution in [0.2, 0.25) is 0 Å². The molecule has 0 saturated heterocycles. The first-order chi connectivity index (χ1) is 8.15. The minimum Gasteiger partial charge on any atom is -0.464 e. The van der Waals surface area contributed by atoms with Gasteiger partial charge >= 0.3 is 10.8 Å². The lowest BCUT2D eigenvalue weighted by atomic mass is 10.3. The van der Waals surface area contributed by atoms with E-state index in [-0.39, 0.29) is 10.8 Å². The molecule has 1 heterocycles. The fourth-order valence-corrected chi connectivity index (χ4v) is 2.68. The molecule has 0 bridgehead atoms. The molecule has 1 atom stereocenters. The predicted octanol–water partition coefficient (Wildman–Crippen LogP) is 2.19. The van der Waals surface area contributed by atoms with E-state index in [4.69, 9.17) is 4.74 Å². The SMILES string of the molecule is CCOC(=O)C(C)n1c(=O)sc2ccccc21. The number of nitrogens with zero attached hydrogens (tertiary/aromatic N) is 1. The van der Waals surface area contributed by atoms with Crippen LogP contribution in [0.1, 0.15) is 19.9 Å². The number of rotatable bonds is 3. The van der Waals surface area contributed by atoms with E-state index in [1.54, 1.807) is 13.8 Å². The van der Waals surface area contributed by atoms with Crippen LogP contribution in [0.15, 0.2) is 29.1 Å². The lowest BCUT2D eigenvalue weighted by molar-refractivity contribution is -0.146. The topological polar surface area (TPSA) is 48.3 Å². The van der Waals surface area contributed by atoms with E-state index in [1.807, 2.05) is 24.3 Å². The van der Waals surface area contributed by atoms with Crippen molar-refractivity contribution in [3.63, 3.8) is 0 Å². The van der Waals surface area contributed by atoms with Crippen molar-refractivity contribution in [1.29, 1.82) is 0 Å². The molecule has 0 aliphatic heterocycles. The third-order valence-electron chi connectivity index (χ3n) is 2.53. The van der Waals surface area contributed by atoms with Gasteiger partial charge in [-0.3, -0.25) is 9.36 Å². The summed E-state index contributed by atoms with van der Waals surface area (Å²) in [5.41, 5.74) is 0.781. The van der Waals surface area contributed by atoms with Gasteiger partial charge in [-0.2, -0.15) is 0 Å². The van der Waals surface area contributed by atoms with Crippen molar-refractivity contribution in [3.8, 4) is 0 Å². The highest BCUT2D eigenvalue weighted by molar-refractivity contribution is 7.16. The van der Waals surface area contributed by atoms with E-state index in [0.717, 1.165) is 21.6 Å². The number of carbonyl (C=O) groups is 1. The van der Waals surface area contributed by atoms with Crippen LogP contribution in [-0.2, 0) is 9.53 Å². The summed E-state index contributed by atoms with van der Waals surface area (Å²) in [7, 11) is 0. The largest absolute Gasteiger partial charge is 0.464 e. The summed E-state index contributed by atoms with van der Waals surface area (Å²) in [4.78, 5) is 23.4. The van der Waals surface area contributed by atoms with Gasteiger partial charge in [0.1, 0.15) is 6.04 Å². The molecule has 2 rings (SSSR count). The average Bonchev–Trinajstić information content (AvgIpc) is 2.64. The normalized spacial score (nSPS) is 12.6. The molecule has 1 aromatic carbocycles. The van der Waals surface area contributed by atoms with Gasteiger partial charge in [0.2, 0.25) is 0 Å². The lowest BCUT2D eigenvalue weighted by Gasteiger charge is -2.12. The highest BCUT2D eigenvalue weighted by Gasteiger charge is 2.20. The molecule has 0 spiro atoms. The Kier molecular flexibility index (Phi) is 3.28. The van der Waals surface area contributed by atoms with Crippen LogP contribution in [-0.4, -0.2) is 17.1 Å². The number of benzene rings is 1. The predicted molar refractivity (Wildman–Crippen MR) is 67.4 cm³/mol. The number of ether oxygens (including phenoxy) is 1. The molecule has 2 aromatic rings. The smallest absolute Gasteiger partial charge is 0.328 e. The van der Waals surface area contributed by atoms with E-state index in [1.165, 1.54) is 4.57 Å². The molecule has 17 heavy (non-hydrogen) atoms. The number of fused-ring (bicyclic) bond motifs is 1. The number of esters is 1. The zero-order chi connectivity index (χ0) is 12.4. The quantitative estimate of drug-likeness (QED) is 0.786. The number of hydrogen-bond acceptors (Lipinski definition) is 4. The Labute approximate surface area is 102 Å². The van der Waals surface area contributed by atoms with Gasteiger partial charge in [0.25, 0.3) is 0 Å². The first-order valence-corrected chi connectivity index (χ1v) is 6.23. The molecule has 0 amide bonds. The van der Waals surface area contributed by atoms with Crippen LogP contribution < -0.4 is 4.87 Å². The summed E-state index contributed by atoms with van der Waals surface area (Å²) in [5.74, 6) is -0.377. The monoisotopic (exact) mass is 251 g/mol. The van der Waals surface area contributed by atoms with Crippen LogP contribution >= 0.6 is 11.3 Å². The first kappa shape index (κ1) is 11.9. The fourth-order valence-electron chi connectivity index (χ4n) is 1.72. The van der Waals surface area contributed by atoms with E-state index in [2.05, 4.69) is 0 Å². The van der Waals surface area contributed by atoms with Crippen molar-refractivity contribution in [1.82, 2.24) is 4.57 Å². The van der Waals surface area contributed by atoms with Gasteiger partial charge in [0.15, 0.2) is 0 Å². The van der Waals surface area contributed by atoms with Gasteiger partial charge < -0.3 is 4.74 Å². The molecule has 0 N–H and O–H groups in total. The van der Waals surface area contributed by atoms with Crippen molar-refractivity contribution < 1.29 is 9.53 Å². The summed E-state index contributed by atoms with van der Waals surface area (Å²) >= 11 is 1.14. The Morgan fingerprint density at radius 1 is 1.47 bits per heavy atom. The van der Waals surface area contributed by atoms with Gasteiger partial charge in [-0.1, -0.05) is 23.5 Å². The fraction of sp³-hybridized carbons (Fsp3) is 0.333. The maximum atomic E-state index is 11.9. The maximum Gasteiger partial charge on any atom is 0.328 e. The van der Waals surface area contributed by atoms with Gasteiger partial charge in [-0.25, -0.2) is 4.79 Å². The average molecular weight is 251 g/mol. The Bertz CT molecular complexity index is 599. The van der Waals surface area contributed by atoms with Crippen molar-refractivity contribution in [2.24, 2.45) is 0 Å². The van der Waals surface area contributed by atoms with Gasteiger partial charge in [0, 0.05) is 0 Å². The molecular formula is C12H13NO3S. The molecule has 5 heteroatoms. The summed E-state index contributed by atoms with van der Waals surface area (Å²) in [6, 6.07) is 6.85. The van der Waals surface area contributed by atoms with E-state index < -0.39 is 6.04 Å². The third-order valence-corrected chi connectivity index (χ3v) is 3.47. The maximum absolute atomic E-state index is 11.9. The molecule has 1 aromatic heterocycles. The minimum absolute atomic E-state index is 0.133. The summed E-state index contributed by atoms with van der Waals surface area (Å²) in [6.07, 6.45) is 0. The minimum atomic E-state index is -0.585. The highest BCUT2D eigenvalue weighted by Crippen LogP contribution is 2.20. The highest BCUT2D eigenvalue weighted by atomic mass is 32.1. The Morgan fingerprint density at radius 2 is 2.18 bits per heavy atom. The van der Waals surface area contributed by atoms with Crippen LogP contribution in [0, 0.1) is 0 Å². The van der Waals surface area contributed by atoms with Crippen LogP contribution in [0.25, 0.3) is 10.2 Å². The molecule has 4 nitrogen and oxygen atoms in total. The summed E-state index contributed by atoms with van der Waals surface area (Å²) in [5, 5.41) is 0. The first-order valence-electron chi connectivity index (χ1n) is 5.42. The number of carbonyl (C=O) groups excluding carboxylic acids is 1. The molecule has 0 aliphatic rings. The van der Waals surface area contributed by atoms with Crippen LogP contribution in [0.3, 0.4) is 0 Å². The Balaban J connectivity index is 2.51. The summed E-state index contributed by atoms with van der Waals surface area (Å²) < 4.78 is 7.30. The van der Waals surface area contributed by atoms with E-state index >= 15 is 0 Å². The molecule has 0 saturated carbocycles. The van der Waals surface area contributed by atoms with Gasteiger partial charge in [-0.15, -0.1) is 0 Å². The van der Waals surface area contributed by atoms with Crippen LogP contribution in [0.5, 0.6) is 0 Å². The summed E-state index contributed by atoms with van der Waals surface area (Å²) in [6.45, 7) is 3.75. The Hall–Kier alpha value is -1.62. The second-order valence-corrected chi connectivity index (χ2v) is 4.63. The molecule has 0 aliphatic carbocycles. The zero-order valence-electron chi connectivity index (χ0n) is 9.67. The number of thiazole rings is 1. The van der Waals surface area contributed by atoms with E-state index in [9.17, 15) is 9.59 Å². The zero-order valence-corrected chi connectivity index (χ0v) is 10.5. The standard InChI is InChI=1S/C12H13NO3S/c1-3-16-11(14)8(2)13-9-6-4-5-7-10(9)17-12(13)15/h4-8H,3H2,1-2H3. The molecule has 1 unspecified atom stereocenters.